The zero-order valence-corrected chi connectivity index (χ0v) is 20.5. The molecule has 0 aliphatic heterocycles. The highest BCUT2D eigenvalue weighted by molar-refractivity contribution is 5.88. The molecule has 0 saturated carbocycles. The van der Waals surface area contributed by atoms with Gasteiger partial charge in [-0.2, -0.15) is 0 Å². The highest BCUT2D eigenvalue weighted by Crippen LogP contribution is 2.56. The molecule has 0 amide bonds. The Morgan fingerprint density at radius 1 is 0.583 bits per heavy atom. The molecule has 0 heterocycles. The Morgan fingerprint density at radius 3 is 1.75 bits per heavy atom. The zero-order chi connectivity index (χ0) is 24.5. The summed E-state index contributed by atoms with van der Waals surface area (Å²) in [7, 11) is 0. The smallest absolute Gasteiger partial charge is 0.0713 e. The van der Waals surface area contributed by atoms with Crippen molar-refractivity contribution < 1.29 is 0 Å². The molecule has 0 atom stereocenters. The van der Waals surface area contributed by atoms with Gasteiger partial charge in [0.05, 0.1) is 5.41 Å². The summed E-state index contributed by atoms with van der Waals surface area (Å²) in [5, 5.41) is 0. The molecule has 1 aliphatic rings. The van der Waals surface area contributed by atoms with E-state index in [2.05, 4.69) is 147 Å². The van der Waals surface area contributed by atoms with E-state index in [1.54, 1.807) is 0 Å². The van der Waals surface area contributed by atoms with Crippen LogP contribution in [0.5, 0.6) is 0 Å². The predicted molar refractivity (Wildman–Crippen MR) is 153 cm³/mol. The van der Waals surface area contributed by atoms with Crippen molar-refractivity contribution in [1.82, 2.24) is 0 Å². The first-order valence-electron chi connectivity index (χ1n) is 12.5. The van der Waals surface area contributed by atoms with Crippen LogP contribution >= 0.6 is 0 Å². The highest BCUT2D eigenvalue weighted by Gasteiger charge is 2.45. The fourth-order valence-electron chi connectivity index (χ4n) is 5.88. The van der Waals surface area contributed by atoms with Crippen LogP contribution in [0.3, 0.4) is 0 Å². The van der Waals surface area contributed by atoms with E-state index in [0.717, 1.165) is 5.57 Å². The Hall–Kier alpha value is -4.42. The van der Waals surface area contributed by atoms with E-state index in [-0.39, 0.29) is 5.41 Å². The van der Waals surface area contributed by atoms with Crippen molar-refractivity contribution in [1.29, 1.82) is 0 Å². The lowest BCUT2D eigenvalue weighted by Gasteiger charge is -2.34. The first-order valence-corrected chi connectivity index (χ1v) is 12.5. The number of fused-ring (bicyclic) bond motifs is 3. The minimum absolute atomic E-state index is 0.370. The zero-order valence-electron chi connectivity index (χ0n) is 20.5. The standard InChI is InChI=1S/C36H28/c1-3-26(4-2)27-19-21-28(22-20-27)29-23-24-33-32-17-11-12-18-34(32)36(35(33)25-29,30-13-7-5-8-14-30)31-15-9-6-10-16-31/h3-25H,1H2,2H3/b26-4+. The van der Waals surface area contributed by atoms with Crippen molar-refractivity contribution in [3.05, 3.63) is 174 Å². The van der Waals surface area contributed by atoms with Gasteiger partial charge in [0.2, 0.25) is 0 Å². The van der Waals surface area contributed by atoms with Gasteiger partial charge in [-0.05, 0) is 68.6 Å². The number of allylic oxidation sites excluding steroid dienone is 3. The van der Waals surface area contributed by atoms with Gasteiger partial charge in [-0.25, -0.2) is 0 Å². The van der Waals surface area contributed by atoms with Crippen LogP contribution in [0.1, 0.15) is 34.7 Å². The molecule has 5 aromatic carbocycles. The van der Waals surface area contributed by atoms with Crippen molar-refractivity contribution in [2.45, 2.75) is 12.3 Å². The third-order valence-corrected chi connectivity index (χ3v) is 7.54. The van der Waals surface area contributed by atoms with E-state index in [1.807, 2.05) is 6.08 Å². The van der Waals surface area contributed by atoms with Crippen molar-refractivity contribution in [3.63, 3.8) is 0 Å². The third-order valence-electron chi connectivity index (χ3n) is 7.54. The quantitative estimate of drug-likeness (QED) is 0.225. The maximum absolute atomic E-state index is 3.95. The summed E-state index contributed by atoms with van der Waals surface area (Å²) in [6.45, 7) is 6.00. The number of hydrogen-bond acceptors (Lipinski definition) is 0. The molecular formula is C36H28. The first kappa shape index (κ1) is 22.1. The lowest BCUT2D eigenvalue weighted by molar-refractivity contribution is 0.769. The summed E-state index contributed by atoms with van der Waals surface area (Å²) in [5.74, 6) is 0. The average molecular weight is 461 g/mol. The van der Waals surface area contributed by atoms with Gasteiger partial charge in [0.1, 0.15) is 0 Å². The number of hydrogen-bond donors (Lipinski definition) is 0. The maximum atomic E-state index is 3.95. The van der Waals surface area contributed by atoms with E-state index in [9.17, 15) is 0 Å². The lowest BCUT2D eigenvalue weighted by atomic mass is 9.67. The second-order valence-corrected chi connectivity index (χ2v) is 9.31. The van der Waals surface area contributed by atoms with Crippen molar-refractivity contribution in [2.24, 2.45) is 0 Å². The Morgan fingerprint density at radius 2 is 1.14 bits per heavy atom. The molecule has 0 heteroatoms. The first-order chi connectivity index (χ1) is 17.8. The van der Waals surface area contributed by atoms with Crippen molar-refractivity contribution >= 4 is 5.57 Å². The monoisotopic (exact) mass is 460 g/mol. The van der Waals surface area contributed by atoms with Gasteiger partial charge in [-0.3, -0.25) is 0 Å². The lowest BCUT2D eigenvalue weighted by Crippen LogP contribution is -2.28. The van der Waals surface area contributed by atoms with Gasteiger partial charge in [0.25, 0.3) is 0 Å². The molecule has 1 aliphatic carbocycles. The van der Waals surface area contributed by atoms with E-state index in [0.29, 0.717) is 0 Å². The van der Waals surface area contributed by atoms with E-state index in [4.69, 9.17) is 0 Å². The molecule has 0 unspecified atom stereocenters. The molecule has 0 N–H and O–H groups in total. The topological polar surface area (TPSA) is 0 Å². The Balaban J connectivity index is 1.62. The van der Waals surface area contributed by atoms with Crippen LogP contribution in [0.25, 0.3) is 27.8 Å². The molecule has 0 aromatic heterocycles. The van der Waals surface area contributed by atoms with Gasteiger partial charge >= 0.3 is 0 Å². The van der Waals surface area contributed by atoms with Gasteiger partial charge in [-0.1, -0.05) is 140 Å². The van der Waals surface area contributed by atoms with Crippen LogP contribution < -0.4 is 0 Å². The van der Waals surface area contributed by atoms with Crippen LogP contribution in [0.4, 0.5) is 0 Å². The van der Waals surface area contributed by atoms with Gasteiger partial charge in [0, 0.05) is 0 Å². The maximum Gasteiger partial charge on any atom is 0.0713 e. The molecule has 0 spiro atoms. The van der Waals surface area contributed by atoms with Crippen LogP contribution in [-0.4, -0.2) is 0 Å². The normalized spacial score (nSPS) is 13.6. The predicted octanol–water partition coefficient (Wildman–Crippen LogP) is 9.31. The highest BCUT2D eigenvalue weighted by atomic mass is 14.5. The molecule has 0 radical (unpaired) electrons. The molecule has 0 fully saturated rings. The number of rotatable bonds is 5. The molecule has 36 heavy (non-hydrogen) atoms. The average Bonchev–Trinajstić information content (AvgIpc) is 3.25. The summed E-state index contributed by atoms with van der Waals surface area (Å²) in [5.41, 5.74) is 12.3. The molecule has 5 aromatic rings. The fraction of sp³-hybridized carbons (Fsp3) is 0.0556. The van der Waals surface area contributed by atoms with Crippen LogP contribution in [0.2, 0.25) is 0 Å². The van der Waals surface area contributed by atoms with Crippen LogP contribution in [-0.2, 0) is 5.41 Å². The Bertz CT molecular complexity index is 1530. The largest absolute Gasteiger partial charge is 0.0985 e. The molecule has 0 bridgehead atoms. The molecule has 0 saturated heterocycles. The molecule has 0 nitrogen and oxygen atoms in total. The van der Waals surface area contributed by atoms with Gasteiger partial charge < -0.3 is 0 Å². The Kier molecular flexibility index (Phi) is 5.51. The van der Waals surface area contributed by atoms with Gasteiger partial charge in [-0.15, -0.1) is 0 Å². The van der Waals surface area contributed by atoms with Crippen LogP contribution in [0, 0.1) is 0 Å². The van der Waals surface area contributed by atoms with Gasteiger partial charge in [0.15, 0.2) is 0 Å². The number of benzene rings is 5. The summed E-state index contributed by atoms with van der Waals surface area (Å²) in [6, 6.07) is 46.6. The second-order valence-electron chi connectivity index (χ2n) is 9.31. The van der Waals surface area contributed by atoms with Crippen molar-refractivity contribution in [3.8, 4) is 22.3 Å². The SMILES string of the molecule is C=C/C(=C\C)c1ccc(-c2ccc3c(c2)C(c2ccccc2)(c2ccccc2)c2ccccc2-3)cc1. The third kappa shape index (κ3) is 3.30. The second kappa shape index (κ2) is 8.98. The summed E-state index contributed by atoms with van der Waals surface area (Å²) in [4.78, 5) is 0. The summed E-state index contributed by atoms with van der Waals surface area (Å²) < 4.78 is 0. The molecule has 172 valence electrons. The summed E-state index contributed by atoms with van der Waals surface area (Å²) >= 11 is 0. The van der Waals surface area contributed by atoms with E-state index < -0.39 is 0 Å². The Labute approximate surface area is 213 Å². The fourth-order valence-corrected chi connectivity index (χ4v) is 5.88. The van der Waals surface area contributed by atoms with E-state index >= 15 is 0 Å². The van der Waals surface area contributed by atoms with E-state index in [1.165, 1.54) is 50.1 Å². The summed E-state index contributed by atoms with van der Waals surface area (Å²) in [6.07, 6.45) is 4.01. The minimum atomic E-state index is -0.370. The minimum Gasteiger partial charge on any atom is -0.0985 e. The molecule has 6 rings (SSSR count). The van der Waals surface area contributed by atoms with Crippen LogP contribution in [0.15, 0.2) is 146 Å². The molecular weight excluding hydrogens is 432 g/mol. The van der Waals surface area contributed by atoms with Crippen molar-refractivity contribution in [2.75, 3.05) is 0 Å².